The quantitative estimate of drug-likeness (QED) is 0.640. The zero-order chi connectivity index (χ0) is 12.5. The molecule has 0 aliphatic heterocycles. The molecule has 0 saturated heterocycles. The van der Waals surface area contributed by atoms with Crippen LogP contribution in [0.25, 0.3) is 0 Å². The molecule has 0 spiro atoms. The molecule has 2 rings (SSSR count). The van der Waals surface area contributed by atoms with Crippen LogP contribution in [0.5, 0.6) is 0 Å². The van der Waals surface area contributed by atoms with Gasteiger partial charge in [-0.1, -0.05) is 4.49 Å². The monoisotopic (exact) mass is 264 g/mol. The third-order valence-corrected chi connectivity index (χ3v) is 2.66. The average molecular weight is 264 g/mol. The third-order valence-electron chi connectivity index (χ3n) is 1.96. The molecular formula is C7H7F3N6S. The number of halogens is 3. The molecule has 92 valence electrons. The van der Waals surface area contributed by atoms with E-state index in [1.807, 2.05) is 0 Å². The fourth-order valence-electron chi connectivity index (χ4n) is 1.17. The highest BCUT2D eigenvalue weighted by atomic mass is 32.1. The SMILES string of the molecule is NNc1snnc1Cn1cc(C(F)(F)F)cn1. The molecule has 0 aliphatic rings. The molecule has 2 aromatic rings. The number of hydrogen-bond donors (Lipinski definition) is 2. The summed E-state index contributed by atoms with van der Waals surface area (Å²) in [5.74, 6) is 5.19. The Bertz CT molecular complexity index is 504. The number of hydrazine groups is 1. The molecule has 0 atom stereocenters. The second-order valence-electron chi connectivity index (χ2n) is 3.12. The minimum atomic E-state index is -4.40. The van der Waals surface area contributed by atoms with Crippen LogP contribution in [0.1, 0.15) is 11.3 Å². The van der Waals surface area contributed by atoms with Crippen molar-refractivity contribution in [2.45, 2.75) is 12.7 Å². The third kappa shape index (κ3) is 2.53. The Kier molecular flexibility index (Phi) is 2.98. The molecule has 17 heavy (non-hydrogen) atoms. The Morgan fingerprint density at radius 2 is 2.24 bits per heavy atom. The lowest BCUT2D eigenvalue weighted by Gasteiger charge is -2.01. The van der Waals surface area contributed by atoms with Gasteiger partial charge in [0, 0.05) is 17.7 Å². The Morgan fingerprint density at radius 3 is 2.82 bits per heavy atom. The van der Waals surface area contributed by atoms with Gasteiger partial charge < -0.3 is 5.43 Å². The predicted octanol–water partition coefficient (Wildman–Crippen LogP) is 1.09. The first-order valence-electron chi connectivity index (χ1n) is 4.38. The molecule has 0 bridgehead atoms. The van der Waals surface area contributed by atoms with Crippen molar-refractivity contribution in [3.8, 4) is 0 Å². The molecule has 2 aromatic heterocycles. The summed E-state index contributed by atoms with van der Waals surface area (Å²) in [6.07, 6.45) is -2.73. The molecule has 0 aromatic carbocycles. The van der Waals surface area contributed by atoms with Crippen molar-refractivity contribution in [3.63, 3.8) is 0 Å². The fraction of sp³-hybridized carbons (Fsp3) is 0.286. The lowest BCUT2D eigenvalue weighted by atomic mass is 10.3. The van der Waals surface area contributed by atoms with E-state index in [0.29, 0.717) is 10.7 Å². The van der Waals surface area contributed by atoms with Crippen molar-refractivity contribution < 1.29 is 13.2 Å². The van der Waals surface area contributed by atoms with E-state index in [1.165, 1.54) is 0 Å². The summed E-state index contributed by atoms with van der Waals surface area (Å²) in [5.41, 5.74) is 2.00. The van der Waals surface area contributed by atoms with Crippen LogP contribution in [0.4, 0.5) is 18.2 Å². The lowest BCUT2D eigenvalue weighted by molar-refractivity contribution is -0.137. The minimum Gasteiger partial charge on any atom is -0.313 e. The molecule has 0 aliphatic carbocycles. The highest BCUT2D eigenvalue weighted by Crippen LogP contribution is 2.28. The number of hydrogen-bond acceptors (Lipinski definition) is 6. The van der Waals surface area contributed by atoms with Crippen LogP contribution in [-0.2, 0) is 12.7 Å². The van der Waals surface area contributed by atoms with Gasteiger partial charge in [-0.05, 0) is 0 Å². The van der Waals surface area contributed by atoms with E-state index in [1.54, 1.807) is 0 Å². The summed E-state index contributed by atoms with van der Waals surface area (Å²) in [7, 11) is 0. The normalized spacial score (nSPS) is 11.8. The highest BCUT2D eigenvalue weighted by molar-refractivity contribution is 7.10. The van der Waals surface area contributed by atoms with Gasteiger partial charge in [-0.15, -0.1) is 5.10 Å². The summed E-state index contributed by atoms with van der Waals surface area (Å²) in [6.45, 7) is 0.0755. The summed E-state index contributed by atoms with van der Waals surface area (Å²) < 4.78 is 41.7. The van der Waals surface area contributed by atoms with E-state index in [9.17, 15) is 13.2 Å². The van der Waals surface area contributed by atoms with Gasteiger partial charge in [0.15, 0.2) is 0 Å². The maximum absolute atomic E-state index is 12.3. The number of nitrogens with zero attached hydrogens (tertiary/aromatic N) is 4. The Balaban J connectivity index is 2.17. The number of nitrogens with two attached hydrogens (primary N) is 1. The number of rotatable bonds is 3. The second-order valence-corrected chi connectivity index (χ2v) is 3.87. The molecule has 3 N–H and O–H groups in total. The van der Waals surface area contributed by atoms with Crippen LogP contribution in [0, 0.1) is 0 Å². The van der Waals surface area contributed by atoms with Gasteiger partial charge in [-0.3, -0.25) is 4.68 Å². The molecule has 6 nitrogen and oxygen atoms in total. The van der Waals surface area contributed by atoms with Crippen molar-refractivity contribution in [1.82, 2.24) is 19.4 Å². The first-order chi connectivity index (χ1) is 8.00. The molecule has 2 heterocycles. The maximum Gasteiger partial charge on any atom is 0.419 e. The molecular weight excluding hydrogens is 257 g/mol. The first-order valence-corrected chi connectivity index (χ1v) is 5.15. The lowest BCUT2D eigenvalue weighted by Crippen LogP contribution is -2.10. The van der Waals surface area contributed by atoms with Crippen molar-refractivity contribution in [3.05, 3.63) is 23.7 Å². The summed E-state index contributed by atoms with van der Waals surface area (Å²) in [4.78, 5) is 0. The van der Waals surface area contributed by atoms with Gasteiger partial charge in [0.2, 0.25) is 0 Å². The molecule has 0 fully saturated rings. The average Bonchev–Trinajstić information content (AvgIpc) is 2.86. The van der Waals surface area contributed by atoms with Crippen LogP contribution >= 0.6 is 11.5 Å². The standard InChI is InChI=1S/C7H7F3N6S/c8-7(9,10)4-1-12-16(2-4)3-5-6(13-11)17-15-14-5/h1-2,13H,3,11H2. The number of nitrogens with one attached hydrogen (secondary N) is 1. The summed E-state index contributed by atoms with van der Waals surface area (Å²) >= 11 is 1.02. The number of anilines is 1. The second kappa shape index (κ2) is 4.30. The predicted molar refractivity (Wildman–Crippen MR) is 54.1 cm³/mol. The van der Waals surface area contributed by atoms with Crippen molar-refractivity contribution >= 4 is 16.5 Å². The first kappa shape index (κ1) is 11.8. The van der Waals surface area contributed by atoms with Crippen molar-refractivity contribution in [1.29, 1.82) is 0 Å². The van der Waals surface area contributed by atoms with Crippen LogP contribution < -0.4 is 11.3 Å². The highest BCUT2D eigenvalue weighted by Gasteiger charge is 2.32. The largest absolute Gasteiger partial charge is 0.419 e. The molecule has 0 unspecified atom stereocenters. The van der Waals surface area contributed by atoms with E-state index in [4.69, 9.17) is 5.84 Å². The zero-order valence-electron chi connectivity index (χ0n) is 8.27. The minimum absolute atomic E-state index is 0.0755. The Labute approximate surface area is 97.4 Å². The number of nitrogen functional groups attached to an aromatic ring is 1. The van der Waals surface area contributed by atoms with Gasteiger partial charge in [0.1, 0.15) is 10.7 Å². The van der Waals surface area contributed by atoms with E-state index < -0.39 is 11.7 Å². The summed E-state index contributed by atoms with van der Waals surface area (Å²) in [5, 5.41) is 7.83. The molecule has 0 saturated carbocycles. The van der Waals surface area contributed by atoms with Crippen molar-refractivity contribution in [2.75, 3.05) is 5.43 Å². The molecule has 10 heteroatoms. The van der Waals surface area contributed by atoms with Crippen LogP contribution in [-0.4, -0.2) is 19.4 Å². The van der Waals surface area contributed by atoms with E-state index in [2.05, 4.69) is 20.1 Å². The molecule has 0 radical (unpaired) electrons. The van der Waals surface area contributed by atoms with E-state index in [0.717, 1.165) is 28.6 Å². The van der Waals surface area contributed by atoms with Crippen molar-refractivity contribution in [2.24, 2.45) is 5.84 Å². The number of alkyl halides is 3. The number of aromatic nitrogens is 4. The Hall–Kier alpha value is -1.68. The summed E-state index contributed by atoms with van der Waals surface area (Å²) in [6, 6.07) is 0. The van der Waals surface area contributed by atoms with Gasteiger partial charge in [-0.2, -0.15) is 18.3 Å². The zero-order valence-corrected chi connectivity index (χ0v) is 9.09. The smallest absolute Gasteiger partial charge is 0.313 e. The van der Waals surface area contributed by atoms with Gasteiger partial charge in [0.25, 0.3) is 0 Å². The fourth-order valence-corrected chi connectivity index (χ4v) is 1.66. The Morgan fingerprint density at radius 1 is 1.47 bits per heavy atom. The maximum atomic E-state index is 12.3. The van der Waals surface area contributed by atoms with Crippen LogP contribution in [0.15, 0.2) is 12.4 Å². The van der Waals surface area contributed by atoms with Gasteiger partial charge >= 0.3 is 6.18 Å². The molecule has 0 amide bonds. The van der Waals surface area contributed by atoms with E-state index in [-0.39, 0.29) is 6.54 Å². The van der Waals surface area contributed by atoms with Crippen LogP contribution in [0.2, 0.25) is 0 Å². The van der Waals surface area contributed by atoms with Gasteiger partial charge in [0.05, 0.1) is 18.3 Å². The van der Waals surface area contributed by atoms with Crippen LogP contribution in [0.3, 0.4) is 0 Å². The topological polar surface area (TPSA) is 81.6 Å². The van der Waals surface area contributed by atoms with E-state index >= 15 is 0 Å². The van der Waals surface area contributed by atoms with Gasteiger partial charge in [-0.25, -0.2) is 5.84 Å².